The molecule has 0 bridgehead atoms. The van der Waals surface area contributed by atoms with Crippen LogP contribution in [-0.4, -0.2) is 47.5 Å². The first-order valence-electron chi connectivity index (χ1n) is 5.01. The van der Waals surface area contributed by atoms with Crippen molar-refractivity contribution in [3.8, 4) is 0 Å². The Morgan fingerprint density at radius 1 is 1.47 bits per heavy atom. The quantitative estimate of drug-likeness (QED) is 0.794. The number of carbonyl (C=O) groups excluding carboxylic acids is 1. The third-order valence-electron chi connectivity index (χ3n) is 1.93. The number of carboxylic acid groups (broad SMARTS) is 1. The second-order valence-corrected chi connectivity index (χ2v) is 4.93. The van der Waals surface area contributed by atoms with Crippen LogP contribution in [-0.2, 0) is 11.3 Å². The molecular formula is C10H15N3O3S. The number of carbonyl (C=O) groups is 2. The first kappa shape index (κ1) is 13.6. The van der Waals surface area contributed by atoms with Crippen LogP contribution in [0.4, 0.5) is 0 Å². The Hall–Kier alpha value is -1.47. The number of hydrogen-bond donors (Lipinski definition) is 2. The molecule has 0 atom stereocenters. The fraction of sp³-hybridized carbons (Fsp3) is 0.500. The molecule has 0 spiro atoms. The summed E-state index contributed by atoms with van der Waals surface area (Å²) in [6.45, 7) is 2.21. The standard InChI is InChI=1S/C10H15N3O3S/c1-6-9(10(15)16)17-8(12-6)4-11-7(14)5-13(2)3/h4-5H2,1-3H3,(H,11,14)(H,15,16). The van der Waals surface area contributed by atoms with Crippen LogP contribution in [0.5, 0.6) is 0 Å². The zero-order valence-electron chi connectivity index (χ0n) is 9.98. The Balaban J connectivity index is 2.55. The molecule has 94 valence electrons. The lowest BCUT2D eigenvalue weighted by Gasteiger charge is -2.08. The third kappa shape index (κ3) is 4.12. The van der Waals surface area contributed by atoms with E-state index in [2.05, 4.69) is 10.3 Å². The van der Waals surface area contributed by atoms with Crippen molar-refractivity contribution in [1.82, 2.24) is 15.2 Å². The summed E-state index contributed by atoms with van der Waals surface area (Å²) in [7, 11) is 3.60. The first-order valence-corrected chi connectivity index (χ1v) is 5.83. The van der Waals surface area contributed by atoms with Gasteiger partial charge < -0.3 is 15.3 Å². The van der Waals surface area contributed by atoms with Gasteiger partial charge >= 0.3 is 5.97 Å². The summed E-state index contributed by atoms with van der Waals surface area (Å²) >= 11 is 1.09. The van der Waals surface area contributed by atoms with Crippen LogP contribution in [0.25, 0.3) is 0 Å². The molecule has 0 saturated carbocycles. The van der Waals surface area contributed by atoms with Gasteiger partial charge in [-0.25, -0.2) is 9.78 Å². The number of rotatable bonds is 5. The van der Waals surface area contributed by atoms with Crippen LogP contribution in [0.1, 0.15) is 20.4 Å². The Kier molecular flexibility index (Phi) is 4.59. The largest absolute Gasteiger partial charge is 0.477 e. The molecule has 2 N–H and O–H groups in total. The zero-order chi connectivity index (χ0) is 13.0. The molecule has 0 radical (unpaired) electrons. The highest BCUT2D eigenvalue weighted by atomic mass is 32.1. The van der Waals surface area contributed by atoms with Crippen molar-refractivity contribution in [2.24, 2.45) is 0 Å². The molecule has 0 aromatic carbocycles. The smallest absolute Gasteiger partial charge is 0.347 e. The SMILES string of the molecule is Cc1nc(CNC(=O)CN(C)C)sc1C(=O)O. The van der Waals surface area contributed by atoms with Crippen LogP contribution in [0.15, 0.2) is 0 Å². The summed E-state index contributed by atoms with van der Waals surface area (Å²) in [5, 5.41) is 12.1. The lowest BCUT2D eigenvalue weighted by atomic mass is 10.4. The van der Waals surface area contributed by atoms with E-state index in [4.69, 9.17) is 5.11 Å². The molecule has 1 rings (SSSR count). The van der Waals surface area contributed by atoms with E-state index in [9.17, 15) is 9.59 Å². The van der Waals surface area contributed by atoms with E-state index in [0.29, 0.717) is 17.2 Å². The highest BCUT2D eigenvalue weighted by Gasteiger charge is 2.14. The second-order valence-electron chi connectivity index (χ2n) is 3.84. The number of aromatic nitrogens is 1. The minimum Gasteiger partial charge on any atom is -0.477 e. The van der Waals surface area contributed by atoms with Gasteiger partial charge in [0.05, 0.1) is 18.8 Å². The van der Waals surface area contributed by atoms with Gasteiger partial charge in [-0.1, -0.05) is 0 Å². The predicted octanol–water partition coefficient (Wildman–Crippen LogP) is 0.328. The Morgan fingerprint density at radius 2 is 2.12 bits per heavy atom. The normalized spacial score (nSPS) is 10.6. The van der Waals surface area contributed by atoms with E-state index >= 15 is 0 Å². The average molecular weight is 257 g/mol. The van der Waals surface area contributed by atoms with E-state index in [-0.39, 0.29) is 17.3 Å². The van der Waals surface area contributed by atoms with E-state index < -0.39 is 5.97 Å². The first-order chi connectivity index (χ1) is 7.90. The van der Waals surface area contributed by atoms with Crippen molar-refractivity contribution in [3.63, 3.8) is 0 Å². The summed E-state index contributed by atoms with van der Waals surface area (Å²) in [6, 6.07) is 0. The zero-order valence-corrected chi connectivity index (χ0v) is 10.8. The number of nitrogens with zero attached hydrogens (tertiary/aromatic N) is 2. The molecule has 0 fully saturated rings. The Bertz CT molecular complexity index is 428. The predicted molar refractivity (Wildman–Crippen MR) is 64.2 cm³/mol. The van der Waals surface area contributed by atoms with Crippen LogP contribution in [0.3, 0.4) is 0 Å². The van der Waals surface area contributed by atoms with Gasteiger partial charge in [-0.3, -0.25) is 4.79 Å². The fourth-order valence-corrected chi connectivity index (χ4v) is 2.09. The van der Waals surface area contributed by atoms with Crippen molar-refractivity contribution in [2.45, 2.75) is 13.5 Å². The molecule has 1 heterocycles. The van der Waals surface area contributed by atoms with Gasteiger partial charge in [0.1, 0.15) is 9.88 Å². The average Bonchev–Trinajstić information content (AvgIpc) is 2.56. The van der Waals surface area contributed by atoms with Crippen molar-refractivity contribution < 1.29 is 14.7 Å². The fourth-order valence-electron chi connectivity index (χ4n) is 1.24. The number of hydrogen-bond acceptors (Lipinski definition) is 5. The highest BCUT2D eigenvalue weighted by molar-refractivity contribution is 7.13. The summed E-state index contributed by atoms with van der Waals surface area (Å²) in [6.07, 6.45) is 0. The minimum absolute atomic E-state index is 0.111. The van der Waals surface area contributed by atoms with Crippen LogP contribution in [0.2, 0.25) is 0 Å². The Morgan fingerprint density at radius 3 is 2.59 bits per heavy atom. The number of amides is 1. The molecule has 0 unspecified atom stereocenters. The molecule has 1 aromatic rings. The third-order valence-corrected chi connectivity index (χ3v) is 3.08. The van der Waals surface area contributed by atoms with E-state index in [1.54, 1.807) is 25.9 Å². The summed E-state index contributed by atoms with van der Waals surface area (Å²) in [5.41, 5.74) is 0.486. The van der Waals surface area contributed by atoms with Gasteiger partial charge in [0.25, 0.3) is 0 Å². The van der Waals surface area contributed by atoms with Gasteiger partial charge in [0.2, 0.25) is 5.91 Å². The number of likely N-dealkylation sites (N-methyl/N-ethyl adjacent to an activating group) is 1. The maximum absolute atomic E-state index is 11.4. The topological polar surface area (TPSA) is 82.5 Å². The molecule has 1 amide bonds. The van der Waals surface area contributed by atoms with Crippen LogP contribution < -0.4 is 5.32 Å². The molecular weight excluding hydrogens is 242 g/mol. The number of aromatic carboxylic acids is 1. The molecule has 6 nitrogen and oxygen atoms in total. The van der Waals surface area contributed by atoms with Crippen LogP contribution >= 0.6 is 11.3 Å². The van der Waals surface area contributed by atoms with Crippen LogP contribution in [0, 0.1) is 6.92 Å². The van der Waals surface area contributed by atoms with Gasteiger partial charge in [0.15, 0.2) is 0 Å². The van der Waals surface area contributed by atoms with Crippen molar-refractivity contribution in [2.75, 3.05) is 20.6 Å². The van der Waals surface area contributed by atoms with Gasteiger partial charge in [-0.05, 0) is 21.0 Å². The summed E-state index contributed by atoms with van der Waals surface area (Å²) in [5.74, 6) is -1.09. The van der Waals surface area contributed by atoms with Crippen molar-refractivity contribution in [1.29, 1.82) is 0 Å². The lowest BCUT2D eigenvalue weighted by molar-refractivity contribution is -0.121. The second kappa shape index (κ2) is 5.74. The minimum atomic E-state index is -0.981. The van der Waals surface area contributed by atoms with E-state index in [0.717, 1.165) is 11.3 Å². The molecule has 17 heavy (non-hydrogen) atoms. The maximum Gasteiger partial charge on any atom is 0.347 e. The van der Waals surface area contributed by atoms with E-state index in [1.165, 1.54) is 0 Å². The number of carboxylic acids is 1. The van der Waals surface area contributed by atoms with Crippen molar-refractivity contribution in [3.05, 3.63) is 15.6 Å². The van der Waals surface area contributed by atoms with Crippen molar-refractivity contribution >= 4 is 23.2 Å². The van der Waals surface area contributed by atoms with E-state index in [1.807, 2.05) is 0 Å². The summed E-state index contributed by atoms with van der Waals surface area (Å²) < 4.78 is 0. The molecule has 0 aliphatic heterocycles. The molecule has 0 saturated heterocycles. The molecule has 7 heteroatoms. The van der Waals surface area contributed by atoms with Gasteiger partial charge in [0, 0.05) is 0 Å². The number of nitrogens with one attached hydrogen (secondary N) is 1. The monoisotopic (exact) mass is 257 g/mol. The Labute approximate surface area is 103 Å². The molecule has 1 aromatic heterocycles. The molecule has 0 aliphatic carbocycles. The number of aryl methyl sites for hydroxylation is 1. The van der Waals surface area contributed by atoms with Gasteiger partial charge in [-0.15, -0.1) is 11.3 Å². The maximum atomic E-state index is 11.4. The molecule has 0 aliphatic rings. The summed E-state index contributed by atoms with van der Waals surface area (Å²) in [4.78, 5) is 28.2. The highest BCUT2D eigenvalue weighted by Crippen LogP contribution is 2.17. The van der Waals surface area contributed by atoms with Gasteiger partial charge in [-0.2, -0.15) is 0 Å². The number of thiazole rings is 1. The lowest BCUT2D eigenvalue weighted by Crippen LogP contribution is -2.32.